The number of benzene rings is 11. The maximum absolute atomic E-state index is 4.75. The fraction of sp³-hybridized carbons (Fsp3) is 0. The van der Waals surface area contributed by atoms with Crippen LogP contribution >= 0.6 is 0 Å². The third-order valence-electron chi connectivity index (χ3n) is 14.9. The molecular weight excluding hydrogens is 1000 g/mol. The lowest BCUT2D eigenvalue weighted by molar-refractivity contribution is 1.12. The highest BCUT2D eigenvalue weighted by molar-refractivity contribution is 5.88. The van der Waals surface area contributed by atoms with E-state index in [1.807, 2.05) is 12.3 Å². The van der Waals surface area contributed by atoms with Crippen molar-refractivity contribution < 1.29 is 0 Å². The number of pyridine rings is 2. The van der Waals surface area contributed by atoms with Gasteiger partial charge in [-0.05, 0) is 188 Å². The number of hydrogen-bond donors (Lipinski definition) is 0. The molecule has 8 heteroatoms. The number of rotatable bonds is 6. The molecule has 0 atom stereocenters. The summed E-state index contributed by atoms with van der Waals surface area (Å²) in [5.41, 5.74) is 18.6. The molecule has 0 N–H and O–H groups in total. The van der Waals surface area contributed by atoms with Crippen molar-refractivity contribution in [3.8, 4) is 34.1 Å². The number of fused-ring (bicyclic) bond motifs is 13. The minimum absolute atomic E-state index is 0.664. The Labute approximate surface area is 474 Å². The van der Waals surface area contributed by atoms with Crippen molar-refractivity contribution in [3.05, 3.63) is 328 Å². The third-order valence-corrected chi connectivity index (χ3v) is 14.9. The summed E-state index contributed by atoms with van der Waals surface area (Å²) in [4.78, 5) is 9.51. The van der Waals surface area contributed by atoms with E-state index in [2.05, 4.69) is 337 Å². The number of nitrogens with zero attached hydrogens (tertiary/aromatic N) is 8. The number of para-hydroxylation sites is 5. The largest absolute Gasteiger partial charge is 0.310 e. The highest BCUT2D eigenvalue weighted by Gasteiger charge is 2.12. The fourth-order valence-corrected chi connectivity index (χ4v) is 11.3. The minimum Gasteiger partial charge on any atom is -0.310 e. The zero-order valence-electron chi connectivity index (χ0n) is 44.8. The fourth-order valence-electron chi connectivity index (χ4n) is 11.3. The van der Waals surface area contributed by atoms with E-state index in [9.17, 15) is 0 Å². The van der Waals surface area contributed by atoms with Crippen molar-refractivity contribution in [2.24, 2.45) is 0 Å². The molecule has 82 heavy (non-hydrogen) atoms. The second kappa shape index (κ2) is 21.9. The van der Waals surface area contributed by atoms with Crippen molar-refractivity contribution in [2.75, 3.05) is 0 Å². The van der Waals surface area contributed by atoms with Crippen LogP contribution in [0.2, 0.25) is 0 Å². The summed E-state index contributed by atoms with van der Waals surface area (Å²) in [6, 6.07) is 113. The maximum atomic E-state index is 4.75. The zero-order valence-corrected chi connectivity index (χ0v) is 44.8. The van der Waals surface area contributed by atoms with E-state index in [0.29, 0.717) is 5.65 Å². The van der Waals surface area contributed by atoms with Gasteiger partial charge in [0.15, 0.2) is 5.65 Å². The molecule has 8 nitrogen and oxygen atoms in total. The lowest BCUT2D eigenvalue weighted by Gasteiger charge is -2.17. The molecule has 390 valence electrons. The summed E-state index contributed by atoms with van der Waals surface area (Å²) in [6.07, 6.45) is 3.66. The normalized spacial score (nSPS) is 11.2. The lowest BCUT2D eigenvalue weighted by atomic mass is 10.2. The van der Waals surface area contributed by atoms with Crippen molar-refractivity contribution in [3.63, 3.8) is 0 Å². The van der Waals surface area contributed by atoms with Crippen LogP contribution in [0.15, 0.2) is 328 Å². The van der Waals surface area contributed by atoms with E-state index in [-0.39, 0.29) is 0 Å². The van der Waals surface area contributed by atoms with Crippen LogP contribution in [0.25, 0.3) is 111 Å². The zero-order chi connectivity index (χ0) is 54.6. The highest BCUT2D eigenvalue weighted by atomic mass is 15.0. The van der Waals surface area contributed by atoms with E-state index < -0.39 is 0 Å². The topological polar surface area (TPSA) is 55.4 Å². The van der Waals surface area contributed by atoms with E-state index >= 15 is 0 Å². The molecule has 0 saturated carbocycles. The Hall–Kier alpha value is -11.2. The Balaban J connectivity index is 1.23. The molecule has 12 bridgehead atoms. The van der Waals surface area contributed by atoms with Crippen LogP contribution in [0.3, 0.4) is 0 Å². The van der Waals surface area contributed by atoms with Gasteiger partial charge in [0.25, 0.3) is 0 Å². The second-order valence-corrected chi connectivity index (χ2v) is 20.0. The van der Waals surface area contributed by atoms with Gasteiger partial charge in [0, 0.05) is 112 Å². The van der Waals surface area contributed by atoms with Gasteiger partial charge in [0.1, 0.15) is 0 Å². The minimum atomic E-state index is 0.664. The molecule has 3 aromatic heterocycles. The first-order valence-corrected chi connectivity index (χ1v) is 27.5. The maximum Gasteiger partial charge on any atom is 0.161 e. The summed E-state index contributed by atoms with van der Waals surface area (Å²) in [7, 11) is 0. The summed E-state index contributed by atoms with van der Waals surface area (Å²) >= 11 is 0. The predicted molar refractivity (Wildman–Crippen MR) is 340 cm³/mol. The van der Waals surface area contributed by atoms with Crippen LogP contribution in [-0.2, 0) is 0 Å². The van der Waals surface area contributed by atoms with Crippen molar-refractivity contribution in [2.45, 2.75) is 0 Å². The predicted octanol–water partition coefficient (Wildman–Crippen LogP) is 18.4. The molecule has 0 fully saturated rings. The summed E-state index contributed by atoms with van der Waals surface area (Å²) < 4.78 is 14.1. The van der Waals surface area contributed by atoms with Crippen LogP contribution in [0.4, 0.5) is 0 Å². The van der Waals surface area contributed by atoms with Crippen LogP contribution < -0.4 is 0 Å². The number of hydrogen-bond acceptors (Lipinski definition) is 2. The number of aromatic nitrogens is 8. The average molecular weight is 1060 g/mol. The molecule has 14 aromatic rings. The molecule has 3 heterocycles. The lowest BCUT2D eigenvalue weighted by Crippen LogP contribution is -2.02. The second-order valence-electron chi connectivity index (χ2n) is 20.0. The van der Waals surface area contributed by atoms with Gasteiger partial charge in [0.05, 0.1) is 5.69 Å². The van der Waals surface area contributed by atoms with Gasteiger partial charge in [-0.25, -0.2) is 9.97 Å². The third kappa shape index (κ3) is 9.56. The van der Waals surface area contributed by atoms with Crippen LogP contribution in [-0.4, -0.2) is 37.4 Å². The van der Waals surface area contributed by atoms with Gasteiger partial charge < -0.3 is 27.4 Å². The summed E-state index contributed by atoms with van der Waals surface area (Å²) in [5.74, 6) is 0. The van der Waals surface area contributed by atoms with E-state index in [1.165, 1.54) is 0 Å². The Morgan fingerprint density at radius 1 is 0.183 bits per heavy atom. The molecule has 0 unspecified atom stereocenters. The molecule has 0 saturated heterocycles. The van der Waals surface area contributed by atoms with Crippen LogP contribution in [0.5, 0.6) is 0 Å². The molecule has 0 aliphatic heterocycles. The molecule has 14 rings (SSSR count). The van der Waals surface area contributed by atoms with Gasteiger partial charge in [-0.15, -0.1) is 0 Å². The van der Waals surface area contributed by atoms with Gasteiger partial charge in [-0.1, -0.05) is 127 Å². The molecule has 0 amide bonds. The van der Waals surface area contributed by atoms with E-state index in [1.54, 1.807) is 6.20 Å². The van der Waals surface area contributed by atoms with E-state index in [4.69, 9.17) is 9.97 Å². The Morgan fingerprint density at radius 3 is 0.671 bits per heavy atom. The molecule has 0 aliphatic carbocycles. The first-order valence-electron chi connectivity index (χ1n) is 27.5. The first kappa shape index (κ1) is 49.1. The van der Waals surface area contributed by atoms with Gasteiger partial charge >= 0.3 is 0 Å². The molecule has 0 spiro atoms. The van der Waals surface area contributed by atoms with E-state index in [0.717, 1.165) is 106 Å². The molecule has 0 radical (unpaired) electrons. The SMILES string of the molecule is c1ccc(-n2c3cccc(c3)n(-c3ccccc3)c3cccc(c3)n(-c3ccccc3)c3cccc(c3)n(-c3ccnc4ncccc34)c3cccc(c3)n(-c3ccccc3)c3cccc(c3)n(-c3ccccc3)c3cccc2c3)cc1. The Morgan fingerprint density at radius 2 is 0.415 bits per heavy atom. The van der Waals surface area contributed by atoms with Crippen LogP contribution in [0, 0.1) is 0 Å². The molecule has 11 aromatic carbocycles. The van der Waals surface area contributed by atoms with Crippen LogP contribution in [0.1, 0.15) is 0 Å². The Kier molecular flexibility index (Phi) is 13.1. The summed E-state index contributed by atoms with van der Waals surface area (Å²) in [6.45, 7) is 0. The van der Waals surface area contributed by atoms with Crippen molar-refractivity contribution in [1.82, 2.24) is 37.4 Å². The van der Waals surface area contributed by atoms with Crippen molar-refractivity contribution in [1.29, 1.82) is 0 Å². The van der Waals surface area contributed by atoms with Gasteiger partial charge in [-0.3, -0.25) is 0 Å². The standard InChI is InChI=1S/C74H54N8/c1-6-23-55(24-7-1)77-60-33-16-35-62(49-60)78(56-25-8-2-9-26-56)64-37-18-39-66(51-64)80(58-29-12-4-13-30-58)68-41-20-43-70(53-68)82(73-46-48-76-74-72(73)45-22-47-75-74)71-44-21-42-69(54-71)81(59-31-14-5-15-32-59)67-40-19-38-65(52-67)79(57-27-10-3-11-28-57)63-36-17-34-61(77)50-63/h1-54H. The van der Waals surface area contributed by atoms with Gasteiger partial charge in [-0.2, -0.15) is 0 Å². The van der Waals surface area contributed by atoms with Crippen molar-refractivity contribution >= 4 is 77.2 Å². The quantitative estimate of drug-likeness (QED) is 0.167. The smallest absolute Gasteiger partial charge is 0.161 e. The highest BCUT2D eigenvalue weighted by Crippen LogP contribution is 2.30. The average Bonchev–Trinajstić information content (AvgIpc) is 3.73. The first-order chi connectivity index (χ1) is 40.7. The molecular formula is C74H54N8. The monoisotopic (exact) mass is 1050 g/mol. The Bertz CT molecular complexity index is 4710. The van der Waals surface area contributed by atoms with Gasteiger partial charge in [0.2, 0.25) is 0 Å². The summed E-state index contributed by atoms with van der Waals surface area (Å²) in [5, 5.41) is 0.927. The molecule has 0 aliphatic rings.